The molecule has 0 bridgehead atoms. The molecule has 1 aromatic heterocycles. The highest BCUT2D eigenvalue weighted by molar-refractivity contribution is 8.22. The zero-order valence-electron chi connectivity index (χ0n) is 8.60. The Hall–Kier alpha value is -0.620. The van der Waals surface area contributed by atoms with Gasteiger partial charge in [-0.15, -0.1) is 0 Å². The lowest BCUT2D eigenvalue weighted by Gasteiger charge is -2.16. The molecule has 0 radical (unpaired) electrons. The van der Waals surface area contributed by atoms with Crippen molar-refractivity contribution in [2.75, 3.05) is 13.1 Å². The first-order valence-electron chi connectivity index (χ1n) is 4.96. The van der Waals surface area contributed by atoms with E-state index in [9.17, 15) is 0 Å². The molecule has 82 valence electrons. The van der Waals surface area contributed by atoms with E-state index in [4.69, 9.17) is 16.7 Å². The lowest BCUT2D eigenvalue weighted by Crippen LogP contribution is -2.23. The van der Waals surface area contributed by atoms with Gasteiger partial charge in [0.15, 0.2) is 5.82 Å². The van der Waals surface area contributed by atoms with Gasteiger partial charge in [-0.25, -0.2) is 0 Å². The summed E-state index contributed by atoms with van der Waals surface area (Å²) in [6, 6.07) is 0. The van der Waals surface area contributed by atoms with Gasteiger partial charge in [0, 0.05) is 13.1 Å². The summed E-state index contributed by atoms with van der Waals surface area (Å²) in [5.41, 5.74) is 0. The fourth-order valence-electron chi connectivity index (χ4n) is 1.51. The Morgan fingerprint density at radius 3 is 2.87 bits per heavy atom. The zero-order valence-corrected chi connectivity index (χ0v) is 10.2. The summed E-state index contributed by atoms with van der Waals surface area (Å²) in [6.07, 6.45) is 2.50. The van der Waals surface area contributed by atoms with Crippen molar-refractivity contribution in [1.29, 1.82) is 0 Å². The molecule has 1 aliphatic rings. The van der Waals surface area contributed by atoms with E-state index in [0.717, 1.165) is 17.4 Å². The first kappa shape index (κ1) is 10.9. The maximum absolute atomic E-state index is 5.32. The van der Waals surface area contributed by atoms with Gasteiger partial charge in [0.2, 0.25) is 5.89 Å². The smallest absolute Gasteiger partial charge is 0.237 e. The van der Waals surface area contributed by atoms with Crippen LogP contribution in [0, 0.1) is 6.92 Å². The molecule has 6 heteroatoms. The van der Waals surface area contributed by atoms with Gasteiger partial charge >= 0.3 is 0 Å². The van der Waals surface area contributed by atoms with Crippen LogP contribution in [0.15, 0.2) is 4.52 Å². The average molecular weight is 243 g/mol. The molecule has 0 saturated carbocycles. The maximum Gasteiger partial charge on any atom is 0.237 e. The van der Waals surface area contributed by atoms with E-state index in [1.807, 2.05) is 6.92 Å². The van der Waals surface area contributed by atoms with Crippen LogP contribution in [0.1, 0.15) is 24.6 Å². The lowest BCUT2D eigenvalue weighted by molar-refractivity contribution is 0.387. The Kier molecular flexibility index (Phi) is 3.58. The van der Waals surface area contributed by atoms with Crippen LogP contribution in [0.5, 0.6) is 0 Å². The van der Waals surface area contributed by atoms with Gasteiger partial charge in [-0.3, -0.25) is 0 Å². The largest absolute Gasteiger partial charge is 0.358 e. The molecule has 0 atom stereocenters. The highest BCUT2D eigenvalue weighted by atomic mass is 32.2. The van der Waals surface area contributed by atoms with Crippen LogP contribution >= 0.6 is 24.0 Å². The summed E-state index contributed by atoms with van der Waals surface area (Å²) in [4.78, 5) is 6.37. The number of aryl methyl sites for hydroxylation is 1. The maximum atomic E-state index is 5.32. The number of nitrogens with zero attached hydrogens (tertiary/aromatic N) is 3. The van der Waals surface area contributed by atoms with Crippen LogP contribution < -0.4 is 0 Å². The normalized spacial score (nSPS) is 15.9. The number of aromatic nitrogens is 2. The molecule has 1 aromatic rings. The van der Waals surface area contributed by atoms with E-state index in [0.29, 0.717) is 17.5 Å². The van der Waals surface area contributed by atoms with Crippen molar-refractivity contribution in [3.8, 4) is 0 Å². The van der Waals surface area contributed by atoms with Crippen LogP contribution in [0.3, 0.4) is 0 Å². The molecule has 0 unspecified atom stereocenters. The van der Waals surface area contributed by atoms with Crippen molar-refractivity contribution in [2.45, 2.75) is 25.5 Å². The van der Waals surface area contributed by atoms with Crippen molar-refractivity contribution >= 4 is 28.3 Å². The van der Waals surface area contributed by atoms with Crippen LogP contribution in [0.4, 0.5) is 0 Å². The predicted octanol–water partition coefficient (Wildman–Crippen LogP) is 1.99. The van der Waals surface area contributed by atoms with Crippen molar-refractivity contribution in [2.24, 2.45) is 0 Å². The quantitative estimate of drug-likeness (QED) is 0.740. The number of rotatable bonds is 2. The summed E-state index contributed by atoms with van der Waals surface area (Å²) >= 11 is 6.92. The summed E-state index contributed by atoms with van der Waals surface area (Å²) in [5, 5.41) is 3.74. The standard InChI is InChI=1S/C9H13N3OS2/c1-7-10-8(13-11-7)6-15-9(14)12-4-2-3-5-12/h2-6H2,1H3. The summed E-state index contributed by atoms with van der Waals surface area (Å²) in [6.45, 7) is 4.00. The van der Waals surface area contributed by atoms with Gasteiger partial charge in [0.25, 0.3) is 0 Å². The second kappa shape index (κ2) is 4.94. The highest BCUT2D eigenvalue weighted by Gasteiger charge is 2.15. The first-order valence-corrected chi connectivity index (χ1v) is 6.36. The Morgan fingerprint density at radius 1 is 1.53 bits per heavy atom. The van der Waals surface area contributed by atoms with Gasteiger partial charge in [-0.2, -0.15) is 4.98 Å². The lowest BCUT2D eigenvalue weighted by atomic mass is 10.4. The predicted molar refractivity (Wildman–Crippen MR) is 63.7 cm³/mol. The Bertz CT molecular complexity index is 347. The van der Waals surface area contributed by atoms with Gasteiger partial charge in [-0.1, -0.05) is 29.1 Å². The molecule has 0 aliphatic carbocycles. The van der Waals surface area contributed by atoms with Gasteiger partial charge in [0.05, 0.1) is 5.75 Å². The molecule has 2 heterocycles. The topological polar surface area (TPSA) is 42.2 Å². The van der Waals surface area contributed by atoms with Crippen LogP contribution in [-0.2, 0) is 5.75 Å². The van der Waals surface area contributed by atoms with Crippen LogP contribution in [-0.4, -0.2) is 32.5 Å². The number of hydrogen-bond donors (Lipinski definition) is 0. The van der Waals surface area contributed by atoms with Gasteiger partial charge in [0.1, 0.15) is 4.32 Å². The fourth-order valence-corrected chi connectivity index (χ4v) is 2.60. The van der Waals surface area contributed by atoms with E-state index in [1.165, 1.54) is 12.8 Å². The SMILES string of the molecule is Cc1noc(CSC(=S)N2CCCC2)n1. The molecular weight excluding hydrogens is 230 g/mol. The molecule has 0 amide bonds. The van der Waals surface area contributed by atoms with E-state index in [1.54, 1.807) is 11.8 Å². The molecule has 4 nitrogen and oxygen atoms in total. The molecule has 0 aromatic carbocycles. The minimum Gasteiger partial charge on any atom is -0.358 e. The van der Waals surface area contributed by atoms with E-state index >= 15 is 0 Å². The summed E-state index contributed by atoms with van der Waals surface area (Å²) in [7, 11) is 0. The minimum atomic E-state index is 0.652. The number of thiocarbonyl (C=S) groups is 1. The Balaban J connectivity index is 1.80. The molecule has 1 saturated heterocycles. The average Bonchev–Trinajstić information content (AvgIpc) is 2.84. The number of likely N-dealkylation sites (tertiary alicyclic amines) is 1. The van der Waals surface area contributed by atoms with Crippen molar-refractivity contribution in [3.63, 3.8) is 0 Å². The van der Waals surface area contributed by atoms with Gasteiger partial charge < -0.3 is 9.42 Å². The first-order chi connectivity index (χ1) is 7.25. The van der Waals surface area contributed by atoms with E-state index in [2.05, 4.69) is 15.0 Å². The van der Waals surface area contributed by atoms with Crippen molar-refractivity contribution < 1.29 is 4.52 Å². The molecular formula is C9H13N3OS2. The monoisotopic (exact) mass is 243 g/mol. The fraction of sp³-hybridized carbons (Fsp3) is 0.667. The Labute approximate surface area is 98.4 Å². The Morgan fingerprint density at radius 2 is 2.27 bits per heavy atom. The van der Waals surface area contributed by atoms with E-state index < -0.39 is 0 Å². The third-order valence-electron chi connectivity index (χ3n) is 2.25. The van der Waals surface area contributed by atoms with E-state index in [-0.39, 0.29) is 0 Å². The van der Waals surface area contributed by atoms with Crippen molar-refractivity contribution in [1.82, 2.24) is 15.0 Å². The van der Waals surface area contributed by atoms with Crippen molar-refractivity contribution in [3.05, 3.63) is 11.7 Å². The zero-order chi connectivity index (χ0) is 10.7. The molecule has 1 aliphatic heterocycles. The second-order valence-electron chi connectivity index (χ2n) is 3.48. The molecule has 0 spiro atoms. The molecule has 2 rings (SSSR count). The highest BCUT2D eigenvalue weighted by Crippen LogP contribution is 2.19. The number of hydrogen-bond acceptors (Lipinski definition) is 5. The third kappa shape index (κ3) is 2.92. The number of thioether (sulfide) groups is 1. The summed E-state index contributed by atoms with van der Waals surface area (Å²) < 4.78 is 5.96. The molecule has 1 fully saturated rings. The molecule has 15 heavy (non-hydrogen) atoms. The summed E-state index contributed by atoms with van der Waals surface area (Å²) in [5.74, 6) is 2.01. The minimum absolute atomic E-state index is 0.652. The second-order valence-corrected chi connectivity index (χ2v) is 5.09. The van der Waals surface area contributed by atoms with Gasteiger partial charge in [-0.05, 0) is 19.8 Å². The van der Waals surface area contributed by atoms with Crippen LogP contribution in [0.2, 0.25) is 0 Å². The molecule has 0 N–H and O–H groups in total. The van der Waals surface area contributed by atoms with Crippen LogP contribution in [0.25, 0.3) is 0 Å². The third-order valence-corrected chi connectivity index (χ3v) is 3.76.